The van der Waals surface area contributed by atoms with E-state index in [1.165, 1.54) is 5.69 Å². The number of hydrogen-bond acceptors (Lipinski definition) is 3. The van der Waals surface area contributed by atoms with Gasteiger partial charge in [-0.1, -0.05) is 6.92 Å². The Labute approximate surface area is 111 Å². The molecule has 0 radical (unpaired) electrons. The molecule has 1 aromatic rings. The van der Waals surface area contributed by atoms with Crippen molar-refractivity contribution in [3.05, 3.63) is 28.2 Å². The summed E-state index contributed by atoms with van der Waals surface area (Å²) in [5.74, 6) is 0. The highest BCUT2D eigenvalue weighted by Crippen LogP contribution is 2.29. The monoisotopic (exact) mass is 293 g/mol. The summed E-state index contributed by atoms with van der Waals surface area (Å²) in [5, 5.41) is 12.2. The Balaban J connectivity index is 2.26. The topological polar surface area (TPSA) is 39.1 Å². The molecule has 1 heterocycles. The summed E-state index contributed by atoms with van der Waals surface area (Å²) >= 11 is 3.57. The fourth-order valence-electron chi connectivity index (χ4n) is 2.04. The van der Waals surface area contributed by atoms with Crippen LogP contribution in [0.4, 0.5) is 5.69 Å². The number of nitrogens with zero attached hydrogens (tertiary/aromatic N) is 2. The van der Waals surface area contributed by atoms with Crippen LogP contribution in [0.15, 0.2) is 22.7 Å². The molecule has 1 aliphatic heterocycles. The highest BCUT2D eigenvalue weighted by atomic mass is 79.9. The van der Waals surface area contributed by atoms with E-state index in [2.05, 4.69) is 39.1 Å². The minimum absolute atomic E-state index is 0.583. The van der Waals surface area contributed by atoms with Gasteiger partial charge in [-0.15, -0.1) is 0 Å². The third-order valence-electron chi connectivity index (χ3n) is 3.05. The SMILES string of the molecule is CCCN(c1ccc(C#N)cc1Br)C1CNC1. The van der Waals surface area contributed by atoms with Crippen LogP contribution in [0.2, 0.25) is 0 Å². The van der Waals surface area contributed by atoms with E-state index in [-0.39, 0.29) is 0 Å². The first kappa shape index (κ1) is 12.4. The van der Waals surface area contributed by atoms with Crippen molar-refractivity contribution in [2.75, 3.05) is 24.5 Å². The zero-order valence-electron chi connectivity index (χ0n) is 9.91. The van der Waals surface area contributed by atoms with Crippen molar-refractivity contribution in [2.24, 2.45) is 0 Å². The van der Waals surface area contributed by atoms with Crippen LogP contribution in [-0.4, -0.2) is 25.7 Å². The van der Waals surface area contributed by atoms with E-state index in [1.807, 2.05) is 18.2 Å². The largest absolute Gasteiger partial charge is 0.365 e. The maximum Gasteiger partial charge on any atom is 0.0992 e. The first-order chi connectivity index (χ1) is 8.26. The molecule has 0 amide bonds. The van der Waals surface area contributed by atoms with Crippen molar-refractivity contribution in [3.8, 4) is 6.07 Å². The smallest absolute Gasteiger partial charge is 0.0992 e. The van der Waals surface area contributed by atoms with E-state index in [1.54, 1.807) is 0 Å². The fourth-order valence-corrected chi connectivity index (χ4v) is 2.65. The van der Waals surface area contributed by atoms with Crippen LogP contribution < -0.4 is 10.2 Å². The third-order valence-corrected chi connectivity index (χ3v) is 3.69. The Kier molecular flexibility index (Phi) is 4.03. The molecule has 0 saturated carbocycles. The molecule has 0 bridgehead atoms. The van der Waals surface area contributed by atoms with Crippen LogP contribution in [-0.2, 0) is 0 Å². The lowest BCUT2D eigenvalue weighted by atomic mass is 10.1. The Bertz CT molecular complexity index is 435. The molecule has 2 rings (SSSR count). The van der Waals surface area contributed by atoms with E-state index in [4.69, 9.17) is 5.26 Å². The van der Waals surface area contributed by atoms with Crippen LogP contribution in [0, 0.1) is 11.3 Å². The van der Waals surface area contributed by atoms with Crippen molar-refractivity contribution in [1.82, 2.24) is 5.32 Å². The summed E-state index contributed by atoms with van der Waals surface area (Å²) in [5.41, 5.74) is 1.89. The van der Waals surface area contributed by atoms with E-state index in [0.29, 0.717) is 11.6 Å². The lowest BCUT2D eigenvalue weighted by Crippen LogP contribution is -2.57. The average molecular weight is 294 g/mol. The van der Waals surface area contributed by atoms with E-state index in [9.17, 15) is 0 Å². The Hall–Kier alpha value is -1.05. The molecule has 0 aromatic heterocycles. The van der Waals surface area contributed by atoms with Gasteiger partial charge in [0.2, 0.25) is 0 Å². The molecular weight excluding hydrogens is 278 g/mol. The van der Waals surface area contributed by atoms with Crippen molar-refractivity contribution in [2.45, 2.75) is 19.4 Å². The molecule has 0 spiro atoms. The van der Waals surface area contributed by atoms with E-state index < -0.39 is 0 Å². The molecule has 0 atom stereocenters. The fraction of sp³-hybridized carbons (Fsp3) is 0.462. The van der Waals surface area contributed by atoms with Gasteiger partial charge in [0.1, 0.15) is 0 Å². The van der Waals surface area contributed by atoms with Gasteiger partial charge in [-0.2, -0.15) is 5.26 Å². The number of nitrogens with one attached hydrogen (secondary N) is 1. The highest BCUT2D eigenvalue weighted by Gasteiger charge is 2.25. The summed E-state index contributed by atoms with van der Waals surface area (Å²) in [6.07, 6.45) is 1.13. The zero-order valence-corrected chi connectivity index (χ0v) is 11.5. The maximum atomic E-state index is 8.87. The van der Waals surface area contributed by atoms with Crippen LogP contribution in [0.1, 0.15) is 18.9 Å². The van der Waals surface area contributed by atoms with Crippen molar-refractivity contribution < 1.29 is 0 Å². The van der Waals surface area contributed by atoms with Gasteiger partial charge >= 0.3 is 0 Å². The number of anilines is 1. The quantitative estimate of drug-likeness (QED) is 0.927. The summed E-state index contributed by atoms with van der Waals surface area (Å²) < 4.78 is 1.01. The number of nitriles is 1. The van der Waals surface area contributed by atoms with Gasteiger partial charge in [0, 0.05) is 24.1 Å². The molecule has 1 saturated heterocycles. The van der Waals surface area contributed by atoms with Gasteiger partial charge in [-0.05, 0) is 40.5 Å². The molecule has 0 unspecified atom stereocenters. The molecule has 1 aromatic carbocycles. The molecule has 1 aliphatic rings. The lowest BCUT2D eigenvalue weighted by Gasteiger charge is -2.40. The van der Waals surface area contributed by atoms with Crippen molar-refractivity contribution in [1.29, 1.82) is 5.26 Å². The summed E-state index contributed by atoms with van der Waals surface area (Å²) in [4.78, 5) is 2.42. The second kappa shape index (κ2) is 5.52. The van der Waals surface area contributed by atoms with Crippen LogP contribution in [0.5, 0.6) is 0 Å². The van der Waals surface area contributed by atoms with Crippen molar-refractivity contribution >= 4 is 21.6 Å². The number of hydrogen-bond donors (Lipinski definition) is 1. The van der Waals surface area contributed by atoms with E-state index >= 15 is 0 Å². The van der Waals surface area contributed by atoms with Gasteiger partial charge < -0.3 is 10.2 Å². The Morgan fingerprint density at radius 2 is 2.29 bits per heavy atom. The average Bonchev–Trinajstić information content (AvgIpc) is 2.26. The zero-order chi connectivity index (χ0) is 12.3. The summed E-state index contributed by atoms with van der Waals surface area (Å²) in [7, 11) is 0. The summed E-state index contributed by atoms with van der Waals surface area (Å²) in [6.45, 7) is 5.34. The van der Waals surface area contributed by atoms with Gasteiger partial charge in [0.25, 0.3) is 0 Å². The van der Waals surface area contributed by atoms with Gasteiger partial charge in [-0.25, -0.2) is 0 Å². The summed E-state index contributed by atoms with van der Waals surface area (Å²) in [6, 6.07) is 8.56. The Morgan fingerprint density at radius 3 is 2.76 bits per heavy atom. The van der Waals surface area contributed by atoms with E-state index in [0.717, 1.165) is 30.5 Å². The standard InChI is InChI=1S/C13H16BrN3/c1-2-5-17(11-8-16-9-11)13-4-3-10(7-15)6-12(13)14/h3-4,6,11,16H,2,5,8-9H2,1H3. The molecular formula is C13H16BrN3. The third kappa shape index (κ3) is 2.62. The minimum atomic E-state index is 0.583. The van der Waals surface area contributed by atoms with Crippen LogP contribution in [0.3, 0.4) is 0 Å². The molecule has 90 valence electrons. The van der Waals surface area contributed by atoms with Crippen LogP contribution >= 0.6 is 15.9 Å². The predicted molar refractivity (Wildman–Crippen MR) is 73.2 cm³/mol. The molecule has 0 aliphatic carbocycles. The second-order valence-electron chi connectivity index (χ2n) is 4.28. The van der Waals surface area contributed by atoms with Gasteiger partial charge in [0.15, 0.2) is 0 Å². The molecule has 1 fully saturated rings. The van der Waals surface area contributed by atoms with Gasteiger partial charge in [0.05, 0.1) is 23.4 Å². The normalized spacial score (nSPS) is 15.1. The number of halogens is 1. The Morgan fingerprint density at radius 1 is 1.53 bits per heavy atom. The maximum absolute atomic E-state index is 8.87. The van der Waals surface area contributed by atoms with Gasteiger partial charge in [-0.3, -0.25) is 0 Å². The highest BCUT2D eigenvalue weighted by molar-refractivity contribution is 9.10. The number of benzene rings is 1. The molecule has 3 nitrogen and oxygen atoms in total. The number of rotatable bonds is 4. The lowest BCUT2D eigenvalue weighted by molar-refractivity contribution is 0.412. The molecule has 4 heteroatoms. The van der Waals surface area contributed by atoms with Crippen molar-refractivity contribution in [3.63, 3.8) is 0 Å². The first-order valence-electron chi connectivity index (χ1n) is 5.93. The molecule has 17 heavy (non-hydrogen) atoms. The molecule has 1 N–H and O–H groups in total. The first-order valence-corrected chi connectivity index (χ1v) is 6.72. The predicted octanol–water partition coefficient (Wildman–Crippen LogP) is 2.51. The second-order valence-corrected chi connectivity index (χ2v) is 5.14. The minimum Gasteiger partial charge on any atom is -0.365 e. The van der Waals surface area contributed by atoms with Crippen LogP contribution in [0.25, 0.3) is 0 Å².